The number of fused-ring (bicyclic) bond motifs is 3. The lowest BCUT2D eigenvalue weighted by atomic mass is 9.59. The largest absolute Gasteiger partial charge is 0.100 e. The lowest BCUT2D eigenvalue weighted by Crippen LogP contribution is -2.40. The quantitative estimate of drug-likeness (QED) is 0.393. The van der Waals surface area contributed by atoms with Crippen molar-refractivity contribution in [2.75, 3.05) is 0 Å². The van der Waals surface area contributed by atoms with Crippen LogP contribution in [-0.4, -0.2) is 0 Å². The Labute approximate surface area is 168 Å². The van der Waals surface area contributed by atoms with E-state index >= 15 is 0 Å². The fraction of sp³-hybridized carbons (Fsp3) is 0.0769. The van der Waals surface area contributed by atoms with E-state index in [-0.39, 0.29) is 5.41 Å². The molecule has 0 unspecified atom stereocenters. The summed E-state index contributed by atoms with van der Waals surface area (Å²) in [6.45, 7) is 4.43. The minimum absolute atomic E-state index is 0.333. The van der Waals surface area contributed by atoms with Gasteiger partial charge in [0, 0.05) is 0 Å². The van der Waals surface area contributed by atoms with Crippen molar-refractivity contribution in [3.05, 3.63) is 143 Å². The Bertz CT molecular complexity index is 1050. The molecule has 0 radical (unpaired) electrons. The average molecular weight is 411 g/mol. The van der Waals surface area contributed by atoms with E-state index in [1.165, 1.54) is 27.8 Å². The van der Waals surface area contributed by atoms with Gasteiger partial charge in [0.15, 0.2) is 0 Å². The number of hydrogen-bond acceptors (Lipinski definition) is 0. The van der Waals surface area contributed by atoms with Crippen LogP contribution < -0.4 is 0 Å². The Balaban J connectivity index is 2.03. The zero-order chi connectivity index (χ0) is 18.5. The van der Waals surface area contributed by atoms with Crippen LogP contribution in [0.1, 0.15) is 27.8 Å². The number of halogens is 1. The number of rotatable bonds is 1. The Morgan fingerprint density at radius 1 is 0.630 bits per heavy atom. The van der Waals surface area contributed by atoms with Crippen molar-refractivity contribution >= 4 is 15.9 Å². The Morgan fingerprint density at radius 2 is 1.15 bits per heavy atom. The maximum atomic E-state index is 4.43. The summed E-state index contributed by atoms with van der Waals surface area (Å²) in [6.07, 6.45) is 8.72. The summed E-state index contributed by atoms with van der Waals surface area (Å²) in [5.74, 6) is 0. The van der Waals surface area contributed by atoms with E-state index in [4.69, 9.17) is 0 Å². The molecule has 3 aromatic carbocycles. The van der Waals surface area contributed by atoms with E-state index in [9.17, 15) is 0 Å². The molecule has 0 fully saturated rings. The van der Waals surface area contributed by atoms with Crippen molar-refractivity contribution in [2.24, 2.45) is 0 Å². The monoisotopic (exact) mass is 410 g/mol. The van der Waals surface area contributed by atoms with E-state index < -0.39 is 4.32 Å². The van der Waals surface area contributed by atoms with E-state index in [0.717, 1.165) is 5.57 Å². The minimum atomic E-state index is -0.430. The third-order valence-electron chi connectivity index (χ3n) is 5.87. The molecule has 0 saturated heterocycles. The summed E-state index contributed by atoms with van der Waals surface area (Å²) in [6, 6.07) is 28.3. The second-order valence-electron chi connectivity index (χ2n) is 7.17. The van der Waals surface area contributed by atoms with Crippen LogP contribution in [0.3, 0.4) is 0 Å². The predicted octanol–water partition coefficient (Wildman–Crippen LogP) is 6.66. The molecule has 130 valence electrons. The molecule has 0 nitrogen and oxygen atoms in total. The molecule has 27 heavy (non-hydrogen) atoms. The van der Waals surface area contributed by atoms with Gasteiger partial charge in [-0.15, -0.1) is 0 Å². The summed E-state index contributed by atoms with van der Waals surface area (Å²) in [4.78, 5) is 0. The van der Waals surface area contributed by atoms with Gasteiger partial charge in [0.2, 0.25) is 0 Å². The van der Waals surface area contributed by atoms with E-state index in [2.05, 4.69) is 126 Å². The summed E-state index contributed by atoms with van der Waals surface area (Å²) < 4.78 is -0.430. The zero-order valence-electron chi connectivity index (χ0n) is 14.9. The molecule has 0 aromatic heterocycles. The zero-order valence-corrected chi connectivity index (χ0v) is 16.5. The van der Waals surface area contributed by atoms with Crippen molar-refractivity contribution < 1.29 is 0 Å². The Kier molecular flexibility index (Phi) is 3.63. The SMILES string of the molecule is C=C1/C=C\C=C/C2(c3ccccc3)c3ccccc3C1(Br)c1ccccc12. The third kappa shape index (κ3) is 2.09. The summed E-state index contributed by atoms with van der Waals surface area (Å²) in [5.41, 5.74) is 7.09. The fourth-order valence-corrected chi connectivity index (χ4v) is 5.49. The lowest BCUT2D eigenvalue weighted by molar-refractivity contribution is 0.691. The number of hydrogen-bond donors (Lipinski definition) is 0. The van der Waals surface area contributed by atoms with Gasteiger partial charge in [-0.2, -0.15) is 0 Å². The molecule has 1 heteroatoms. The Morgan fingerprint density at radius 3 is 1.74 bits per heavy atom. The van der Waals surface area contributed by atoms with Gasteiger partial charge in [-0.05, 0) is 33.4 Å². The molecule has 0 spiro atoms. The average Bonchev–Trinajstić information content (AvgIpc) is 2.81. The molecule has 0 saturated carbocycles. The van der Waals surface area contributed by atoms with E-state index in [1.807, 2.05) is 0 Å². The van der Waals surface area contributed by atoms with Crippen molar-refractivity contribution in [3.8, 4) is 0 Å². The second-order valence-corrected chi connectivity index (χ2v) is 8.36. The fourth-order valence-electron chi connectivity index (χ4n) is 4.67. The normalized spacial score (nSPS) is 27.7. The highest BCUT2D eigenvalue weighted by Crippen LogP contribution is 2.58. The van der Waals surface area contributed by atoms with Crippen LogP contribution in [0.15, 0.2) is 115 Å². The first kappa shape index (κ1) is 16.5. The molecule has 2 aliphatic rings. The molecule has 2 aliphatic carbocycles. The number of alkyl halides is 1. The molecule has 0 atom stereocenters. The highest BCUT2D eigenvalue weighted by atomic mass is 79.9. The highest BCUT2D eigenvalue weighted by Gasteiger charge is 2.50. The van der Waals surface area contributed by atoms with Gasteiger partial charge in [-0.3, -0.25) is 0 Å². The first-order chi connectivity index (χ1) is 13.2. The van der Waals surface area contributed by atoms with Crippen molar-refractivity contribution in [1.82, 2.24) is 0 Å². The summed E-state index contributed by atoms with van der Waals surface area (Å²) in [7, 11) is 0. The van der Waals surface area contributed by atoms with Crippen LogP contribution in [0.2, 0.25) is 0 Å². The molecular weight excluding hydrogens is 392 g/mol. The van der Waals surface area contributed by atoms with Crippen LogP contribution >= 0.6 is 15.9 Å². The molecule has 2 bridgehead atoms. The van der Waals surface area contributed by atoms with Crippen LogP contribution in [-0.2, 0) is 9.74 Å². The molecule has 0 aliphatic heterocycles. The van der Waals surface area contributed by atoms with Crippen LogP contribution in [0.4, 0.5) is 0 Å². The van der Waals surface area contributed by atoms with Gasteiger partial charge in [-0.25, -0.2) is 0 Å². The van der Waals surface area contributed by atoms with Crippen molar-refractivity contribution in [3.63, 3.8) is 0 Å². The third-order valence-corrected chi connectivity index (χ3v) is 7.24. The minimum Gasteiger partial charge on any atom is -0.0937 e. The van der Waals surface area contributed by atoms with Gasteiger partial charge < -0.3 is 0 Å². The standard InChI is InChI=1S/C26H19Br/c1-19-11-9-10-18-25(20-12-3-2-4-13-20)21-14-5-7-16-23(21)26(19,27)24-17-8-6-15-22(24)25/h2-18H,1H2/b11-9-,18-10-. The molecule has 5 rings (SSSR count). The first-order valence-electron chi connectivity index (χ1n) is 9.19. The predicted molar refractivity (Wildman–Crippen MR) is 116 cm³/mol. The maximum absolute atomic E-state index is 4.43. The molecule has 0 N–H and O–H groups in total. The maximum Gasteiger partial charge on any atom is 0.100 e. The van der Waals surface area contributed by atoms with Gasteiger partial charge in [0.1, 0.15) is 4.32 Å². The molecular formula is C26H19Br. The Hall–Kier alpha value is -2.64. The van der Waals surface area contributed by atoms with E-state index in [0.29, 0.717) is 0 Å². The van der Waals surface area contributed by atoms with Crippen molar-refractivity contribution in [2.45, 2.75) is 9.74 Å². The lowest BCUT2D eigenvalue weighted by Gasteiger charge is -2.46. The number of benzene rings is 3. The molecule has 0 heterocycles. The van der Waals surface area contributed by atoms with Gasteiger partial charge in [0.05, 0.1) is 5.41 Å². The van der Waals surface area contributed by atoms with Crippen molar-refractivity contribution in [1.29, 1.82) is 0 Å². The summed E-state index contributed by atoms with van der Waals surface area (Å²) >= 11 is 4.13. The highest BCUT2D eigenvalue weighted by molar-refractivity contribution is 9.10. The summed E-state index contributed by atoms with van der Waals surface area (Å²) in [5, 5.41) is 0. The first-order valence-corrected chi connectivity index (χ1v) is 9.98. The topological polar surface area (TPSA) is 0 Å². The van der Waals surface area contributed by atoms with Crippen LogP contribution in [0.5, 0.6) is 0 Å². The van der Waals surface area contributed by atoms with Gasteiger partial charge >= 0.3 is 0 Å². The van der Waals surface area contributed by atoms with E-state index in [1.54, 1.807) is 0 Å². The second kappa shape index (κ2) is 5.94. The van der Waals surface area contributed by atoms with Crippen LogP contribution in [0, 0.1) is 0 Å². The van der Waals surface area contributed by atoms with Crippen LogP contribution in [0.25, 0.3) is 0 Å². The molecule has 0 amide bonds. The smallest absolute Gasteiger partial charge is 0.0937 e. The number of allylic oxidation sites excluding steroid dienone is 5. The van der Waals surface area contributed by atoms with Gasteiger partial charge in [0.25, 0.3) is 0 Å². The molecule has 3 aromatic rings. The van der Waals surface area contributed by atoms with Gasteiger partial charge in [-0.1, -0.05) is 126 Å².